The van der Waals surface area contributed by atoms with E-state index in [9.17, 15) is 0 Å². The van der Waals surface area contributed by atoms with Crippen LogP contribution in [0.25, 0.3) is 6.08 Å². The van der Waals surface area contributed by atoms with Crippen molar-refractivity contribution in [2.24, 2.45) is 10.2 Å². The molecule has 0 fully saturated rings. The van der Waals surface area contributed by atoms with E-state index in [-0.39, 0.29) is 1.43 Å². The zero-order chi connectivity index (χ0) is 26.7. The number of imidazole rings is 1. The number of carboxylic acid groups (broad SMARTS) is 2. The fourth-order valence-corrected chi connectivity index (χ4v) is 2.92. The highest BCUT2D eigenvalue weighted by molar-refractivity contribution is 5.80. The third-order valence-electron chi connectivity index (χ3n) is 4.82. The minimum absolute atomic E-state index is 0. The van der Waals surface area contributed by atoms with E-state index in [2.05, 4.69) is 68.5 Å². The Hall–Kier alpha value is -4.60. The number of hydrogen-bond donors (Lipinski definition) is 0. The summed E-state index contributed by atoms with van der Waals surface area (Å²) in [5.74, 6) is 0.834. The van der Waals surface area contributed by atoms with Gasteiger partial charge in [0.1, 0.15) is 0 Å². The molecule has 0 N–H and O–H groups in total. The van der Waals surface area contributed by atoms with Gasteiger partial charge >= 0.3 is 7.25 Å². The van der Waals surface area contributed by atoms with E-state index in [0.717, 1.165) is 28.3 Å². The van der Waals surface area contributed by atoms with E-state index < -0.39 is 6.16 Å². The highest BCUT2D eigenvalue weighted by Gasteiger charge is 2.14. The number of rotatable bonds is 8. The van der Waals surface area contributed by atoms with Crippen LogP contribution in [0.2, 0.25) is 0 Å². The van der Waals surface area contributed by atoms with E-state index in [1.807, 2.05) is 93.6 Å². The summed E-state index contributed by atoms with van der Waals surface area (Å²) in [5, 5.41) is 26.0. The van der Waals surface area contributed by atoms with Crippen molar-refractivity contribution >= 4 is 36.0 Å². The average Bonchev–Trinajstić information content (AvgIpc) is 3.21. The molecular formula is C26H33N7O3. The third-order valence-corrected chi connectivity index (χ3v) is 4.82. The van der Waals surface area contributed by atoms with E-state index >= 15 is 0 Å². The molecule has 0 bridgehead atoms. The summed E-state index contributed by atoms with van der Waals surface area (Å²) in [4.78, 5) is 14.5. The molecule has 190 valence electrons. The molecule has 0 unspecified atom stereocenters. The molecule has 0 aliphatic heterocycles. The van der Waals surface area contributed by atoms with Crippen molar-refractivity contribution in [2.45, 2.75) is 0 Å². The lowest BCUT2D eigenvalue weighted by Crippen LogP contribution is -2.37. The summed E-state index contributed by atoms with van der Waals surface area (Å²) in [6.45, 7) is 0. The Kier molecular flexibility index (Phi) is 10.2. The van der Waals surface area contributed by atoms with Crippen molar-refractivity contribution in [3.8, 4) is 0 Å². The average molecular weight is 492 g/mol. The van der Waals surface area contributed by atoms with Crippen LogP contribution >= 0.6 is 0 Å². The zero-order valence-electron chi connectivity index (χ0n) is 22.4. The summed E-state index contributed by atoms with van der Waals surface area (Å²) in [7, 11) is 12.1. The normalized spacial score (nSPS) is 11.1. The summed E-state index contributed by atoms with van der Waals surface area (Å²) in [5.41, 5.74) is 4.37. The molecule has 1 aromatic heterocycles. The number of nitrogens with zero attached hydrogens (tertiary/aromatic N) is 7. The number of benzene rings is 2. The maximum atomic E-state index is 8.33. The summed E-state index contributed by atoms with van der Waals surface area (Å²) < 4.78 is 3.62. The second kappa shape index (κ2) is 13.3. The predicted octanol–water partition coefficient (Wildman–Crippen LogP) is 0.870. The largest absolute Gasteiger partial charge is 1.00 e. The molecule has 3 aromatic rings. The molecule has 0 amide bonds. The summed E-state index contributed by atoms with van der Waals surface area (Å²) in [6.07, 6.45) is 9.12. The minimum atomic E-state index is -2.33. The van der Waals surface area contributed by atoms with Gasteiger partial charge in [-0.25, -0.2) is 0 Å². The quantitative estimate of drug-likeness (QED) is 0.342. The number of hydrogen-bond acceptors (Lipinski definition) is 8. The Bertz CT molecular complexity index is 1120. The van der Waals surface area contributed by atoms with E-state index in [4.69, 9.17) is 15.0 Å². The van der Waals surface area contributed by atoms with Crippen LogP contribution in [0, 0.1) is 0 Å². The van der Waals surface area contributed by atoms with Gasteiger partial charge in [0.25, 0.3) is 0 Å². The number of carbonyl (C=O) groups is 1. The first kappa shape index (κ1) is 27.6. The molecule has 0 atom stereocenters. The fourth-order valence-electron chi connectivity index (χ4n) is 2.92. The van der Waals surface area contributed by atoms with Gasteiger partial charge in [-0.3, -0.25) is 0 Å². The zero-order valence-corrected chi connectivity index (χ0v) is 21.4. The van der Waals surface area contributed by atoms with Crippen LogP contribution in [0.4, 0.5) is 16.2 Å². The lowest BCUT2D eigenvalue weighted by atomic mass is 10.2. The van der Waals surface area contributed by atoms with Crippen molar-refractivity contribution in [1.82, 2.24) is 9.58 Å². The lowest BCUT2D eigenvalue weighted by molar-refractivity contribution is -0.679. The summed E-state index contributed by atoms with van der Waals surface area (Å²) >= 11 is 0. The first-order chi connectivity index (χ1) is 17.1. The Balaban J connectivity index is 0.00000127. The standard InChI is InChI=1S/C25H32N7.CH2O3/c1-28(2)16-15-25-31(26-19-21-7-11-23(12-8-21)29(3)4)17-18-32(25)27-20-22-9-13-24(14-10-22)30(5)6;2-1(3)4/h7-20H,1-6H3;(H2,2,3,4)/q+1;/p-1/b26-19+,27-20+;. The molecule has 3 rings (SSSR count). The van der Waals surface area contributed by atoms with E-state index in [0.29, 0.717) is 0 Å². The molecule has 1 heterocycles. The molecule has 0 spiro atoms. The van der Waals surface area contributed by atoms with Gasteiger partial charge in [0.05, 0.1) is 12.4 Å². The Morgan fingerprint density at radius 2 is 1.33 bits per heavy atom. The molecule has 36 heavy (non-hydrogen) atoms. The third kappa shape index (κ3) is 8.98. The van der Waals surface area contributed by atoms with Gasteiger partial charge in [-0.15, -0.1) is 0 Å². The van der Waals surface area contributed by atoms with Gasteiger partial charge in [0.15, 0.2) is 12.4 Å². The van der Waals surface area contributed by atoms with Gasteiger partial charge in [-0.05, 0) is 41.5 Å². The van der Waals surface area contributed by atoms with Gasteiger partial charge in [0.2, 0.25) is 0 Å². The first-order valence-corrected chi connectivity index (χ1v) is 11.1. The van der Waals surface area contributed by atoms with Crippen LogP contribution in [0.1, 0.15) is 18.4 Å². The monoisotopic (exact) mass is 491 g/mol. The Labute approximate surface area is 213 Å². The lowest BCUT2D eigenvalue weighted by Gasteiger charge is -2.11. The molecule has 0 saturated heterocycles. The second-order valence-electron chi connectivity index (χ2n) is 8.34. The van der Waals surface area contributed by atoms with E-state index in [1.54, 1.807) is 0 Å². The van der Waals surface area contributed by atoms with Crippen molar-refractivity contribution in [3.05, 3.63) is 84.1 Å². The number of carbonyl (C=O) groups excluding carboxylic acids is 1. The maximum Gasteiger partial charge on any atom is 1.00 e. The number of anilines is 2. The molecule has 0 radical (unpaired) electrons. The van der Waals surface area contributed by atoms with Crippen LogP contribution in [-0.4, -0.2) is 70.4 Å². The van der Waals surface area contributed by atoms with Crippen molar-refractivity contribution < 1.29 is 21.1 Å². The highest BCUT2D eigenvalue weighted by atomic mass is 16.6. The smallest absolute Gasteiger partial charge is 0.652 e. The summed E-state index contributed by atoms with van der Waals surface area (Å²) in [6, 6.07) is 16.5. The molecule has 0 aliphatic rings. The molecule has 0 saturated carbocycles. The maximum absolute atomic E-state index is 8.33. The second-order valence-corrected chi connectivity index (χ2v) is 8.34. The highest BCUT2D eigenvalue weighted by Crippen LogP contribution is 2.12. The Morgan fingerprint density at radius 3 is 1.78 bits per heavy atom. The van der Waals surface area contributed by atoms with Crippen LogP contribution < -0.4 is 24.7 Å². The molecule has 10 nitrogen and oxygen atoms in total. The topological polar surface area (TPSA) is 106 Å². The predicted molar refractivity (Wildman–Crippen MR) is 141 cm³/mol. The van der Waals surface area contributed by atoms with E-state index in [1.165, 1.54) is 0 Å². The van der Waals surface area contributed by atoms with Crippen molar-refractivity contribution in [3.63, 3.8) is 0 Å². The number of aromatic nitrogens is 2. The molecule has 10 heteroatoms. The Morgan fingerprint density at radius 1 is 0.861 bits per heavy atom. The van der Waals surface area contributed by atoms with Crippen LogP contribution in [-0.2, 0) is 0 Å². The van der Waals surface area contributed by atoms with Gasteiger partial charge in [0, 0.05) is 65.9 Å². The van der Waals surface area contributed by atoms with Crippen molar-refractivity contribution in [2.75, 3.05) is 52.1 Å². The fraction of sp³-hybridized carbons (Fsp3) is 0.231. The SMILES string of the molecule is CN(C)/C=C/c1n(/N=C/c2ccc(N(C)C)cc2)cc[n+]1/N=C/c1ccc(N(C)C)cc1.O=C([O-])[O-].[H+]. The van der Waals surface area contributed by atoms with Crippen LogP contribution in [0.15, 0.2) is 77.3 Å². The van der Waals surface area contributed by atoms with Gasteiger partial charge in [-0.1, -0.05) is 43.8 Å². The molecule has 2 aromatic carbocycles. The van der Waals surface area contributed by atoms with Crippen molar-refractivity contribution in [1.29, 1.82) is 0 Å². The molecule has 0 aliphatic carbocycles. The van der Waals surface area contributed by atoms with Gasteiger partial charge in [-0.2, -0.15) is 0 Å². The van der Waals surface area contributed by atoms with Crippen LogP contribution in [0.5, 0.6) is 0 Å². The minimum Gasteiger partial charge on any atom is -0.652 e. The van der Waals surface area contributed by atoms with Gasteiger partial charge < -0.3 is 29.7 Å². The van der Waals surface area contributed by atoms with Crippen LogP contribution in [0.3, 0.4) is 0 Å². The first-order valence-electron chi connectivity index (χ1n) is 11.1. The molecular weight excluding hydrogens is 458 g/mol.